The molecular weight excluding hydrogens is 256 g/mol. The number of nitrogens with one attached hydrogen (secondary N) is 2. The minimum atomic E-state index is -0.344. The molecule has 7 nitrogen and oxygen atoms in total. The van der Waals surface area contributed by atoms with E-state index >= 15 is 0 Å². The van der Waals surface area contributed by atoms with Crippen LogP contribution in [0.4, 0.5) is 11.6 Å². The normalized spacial score (nSPS) is 23.5. The molecule has 1 aliphatic rings. The summed E-state index contributed by atoms with van der Waals surface area (Å²) >= 11 is 0. The lowest BCUT2D eigenvalue weighted by molar-refractivity contribution is 0.144. The number of anilines is 2. The standard InChI is InChI=1S/C13H20N6O/c14-18-11-8-19-7-6-15-13(19)12(17-11)16-9-4-2-1-3-5-10(9)20/h6-10,18,20H,1-5,14H2,(H,16,17). The monoisotopic (exact) mass is 276 g/mol. The van der Waals surface area contributed by atoms with Crippen molar-refractivity contribution in [2.45, 2.75) is 44.2 Å². The number of hydrazine groups is 1. The second kappa shape index (κ2) is 5.64. The molecule has 5 N–H and O–H groups in total. The van der Waals surface area contributed by atoms with Crippen LogP contribution in [0.15, 0.2) is 18.6 Å². The third-order valence-electron chi connectivity index (χ3n) is 3.82. The van der Waals surface area contributed by atoms with E-state index in [1.807, 2.05) is 10.6 Å². The van der Waals surface area contributed by atoms with Crippen LogP contribution in [0.25, 0.3) is 5.65 Å². The number of nitrogens with zero attached hydrogens (tertiary/aromatic N) is 3. The number of rotatable bonds is 3. The highest BCUT2D eigenvalue weighted by Gasteiger charge is 2.23. The number of aromatic nitrogens is 3. The van der Waals surface area contributed by atoms with Gasteiger partial charge in [-0.2, -0.15) is 0 Å². The molecular formula is C13H20N6O. The van der Waals surface area contributed by atoms with Crippen molar-refractivity contribution in [3.63, 3.8) is 0 Å². The third-order valence-corrected chi connectivity index (χ3v) is 3.82. The van der Waals surface area contributed by atoms with Crippen molar-refractivity contribution < 1.29 is 5.11 Å². The van der Waals surface area contributed by atoms with Gasteiger partial charge in [-0.1, -0.05) is 19.3 Å². The van der Waals surface area contributed by atoms with Gasteiger partial charge in [0.05, 0.1) is 18.3 Å². The SMILES string of the molecule is NNc1cn2ccnc2c(NC2CCCCCC2O)n1. The highest BCUT2D eigenvalue weighted by Crippen LogP contribution is 2.23. The Balaban J connectivity index is 1.90. The Morgan fingerprint density at radius 1 is 1.30 bits per heavy atom. The lowest BCUT2D eigenvalue weighted by Gasteiger charge is -2.22. The van der Waals surface area contributed by atoms with Gasteiger partial charge in [-0.15, -0.1) is 0 Å². The van der Waals surface area contributed by atoms with Crippen LogP contribution >= 0.6 is 0 Å². The maximum Gasteiger partial charge on any atom is 0.180 e. The summed E-state index contributed by atoms with van der Waals surface area (Å²) in [6, 6.07) is 0.0125. The van der Waals surface area contributed by atoms with Crippen LogP contribution < -0.4 is 16.6 Å². The van der Waals surface area contributed by atoms with Crippen molar-refractivity contribution in [2.24, 2.45) is 5.84 Å². The number of hydrogen-bond acceptors (Lipinski definition) is 6. The Bertz CT molecular complexity index is 583. The predicted octanol–water partition coefficient (Wildman–Crippen LogP) is 1.12. The zero-order valence-electron chi connectivity index (χ0n) is 11.3. The van der Waals surface area contributed by atoms with E-state index in [2.05, 4.69) is 20.7 Å². The summed E-state index contributed by atoms with van der Waals surface area (Å²) in [4.78, 5) is 8.70. The maximum absolute atomic E-state index is 10.2. The molecule has 0 spiro atoms. The lowest BCUT2D eigenvalue weighted by Crippen LogP contribution is -2.33. The van der Waals surface area contributed by atoms with Gasteiger partial charge in [-0.25, -0.2) is 15.8 Å². The summed E-state index contributed by atoms with van der Waals surface area (Å²) in [7, 11) is 0. The van der Waals surface area contributed by atoms with E-state index < -0.39 is 0 Å². The number of aliphatic hydroxyl groups is 1. The third kappa shape index (κ3) is 2.54. The van der Waals surface area contributed by atoms with Gasteiger partial charge in [0.25, 0.3) is 0 Å². The second-order valence-corrected chi connectivity index (χ2v) is 5.23. The van der Waals surface area contributed by atoms with Gasteiger partial charge >= 0.3 is 0 Å². The Hall–Kier alpha value is -1.86. The van der Waals surface area contributed by atoms with Crippen LogP contribution in [0.3, 0.4) is 0 Å². The second-order valence-electron chi connectivity index (χ2n) is 5.23. The first kappa shape index (κ1) is 13.1. The van der Waals surface area contributed by atoms with Crippen LogP contribution in [0.5, 0.6) is 0 Å². The smallest absolute Gasteiger partial charge is 0.180 e. The molecule has 1 fully saturated rings. The van der Waals surface area contributed by atoms with Gasteiger partial charge in [0, 0.05) is 12.4 Å². The molecule has 1 aliphatic carbocycles. The Morgan fingerprint density at radius 2 is 2.15 bits per heavy atom. The van der Waals surface area contributed by atoms with Crippen molar-refractivity contribution in [3.05, 3.63) is 18.6 Å². The van der Waals surface area contributed by atoms with Crippen LogP contribution in [-0.2, 0) is 0 Å². The molecule has 7 heteroatoms. The summed E-state index contributed by atoms with van der Waals surface area (Å²) in [6.07, 6.45) is 10.1. The Morgan fingerprint density at radius 3 is 3.00 bits per heavy atom. The topological polar surface area (TPSA) is 100 Å². The molecule has 0 bridgehead atoms. The van der Waals surface area contributed by atoms with E-state index in [0.29, 0.717) is 11.6 Å². The summed E-state index contributed by atoms with van der Waals surface area (Å²) < 4.78 is 1.85. The predicted molar refractivity (Wildman–Crippen MR) is 77.3 cm³/mol. The molecule has 0 saturated heterocycles. The van der Waals surface area contributed by atoms with E-state index in [1.54, 1.807) is 12.4 Å². The molecule has 2 atom stereocenters. The summed E-state index contributed by atoms with van der Waals surface area (Å²) in [5.74, 6) is 6.65. The van der Waals surface area contributed by atoms with Crippen molar-refractivity contribution in [1.29, 1.82) is 0 Å². The van der Waals surface area contributed by atoms with Crippen LogP contribution in [0.1, 0.15) is 32.1 Å². The van der Waals surface area contributed by atoms with E-state index in [4.69, 9.17) is 5.84 Å². The number of hydrogen-bond donors (Lipinski definition) is 4. The van der Waals surface area contributed by atoms with Gasteiger partial charge in [0.15, 0.2) is 17.3 Å². The Kier molecular flexibility index (Phi) is 3.70. The molecule has 20 heavy (non-hydrogen) atoms. The molecule has 108 valence electrons. The number of fused-ring (bicyclic) bond motifs is 1. The Labute approximate surface area is 117 Å². The molecule has 2 heterocycles. The number of nitrogens with two attached hydrogens (primary N) is 1. The van der Waals surface area contributed by atoms with Crippen molar-refractivity contribution in [1.82, 2.24) is 14.4 Å². The van der Waals surface area contributed by atoms with Crippen molar-refractivity contribution in [2.75, 3.05) is 10.7 Å². The molecule has 0 amide bonds. The van der Waals surface area contributed by atoms with Crippen LogP contribution in [0, 0.1) is 0 Å². The highest BCUT2D eigenvalue weighted by atomic mass is 16.3. The van der Waals surface area contributed by atoms with Crippen LogP contribution in [-0.4, -0.2) is 31.6 Å². The van der Waals surface area contributed by atoms with Gasteiger partial charge in [0.1, 0.15) is 0 Å². The summed E-state index contributed by atoms with van der Waals surface area (Å²) in [5, 5.41) is 13.5. The largest absolute Gasteiger partial charge is 0.391 e. The molecule has 3 rings (SSSR count). The average Bonchev–Trinajstić information content (AvgIpc) is 2.84. The molecule has 0 radical (unpaired) electrons. The minimum Gasteiger partial charge on any atom is -0.391 e. The van der Waals surface area contributed by atoms with E-state index in [9.17, 15) is 5.11 Å². The summed E-state index contributed by atoms with van der Waals surface area (Å²) in [5.41, 5.74) is 3.28. The zero-order valence-corrected chi connectivity index (χ0v) is 11.3. The average molecular weight is 276 g/mol. The first-order valence-corrected chi connectivity index (χ1v) is 7.03. The van der Waals surface area contributed by atoms with E-state index in [-0.39, 0.29) is 12.1 Å². The van der Waals surface area contributed by atoms with Crippen molar-refractivity contribution in [3.8, 4) is 0 Å². The van der Waals surface area contributed by atoms with Crippen molar-refractivity contribution >= 4 is 17.3 Å². The highest BCUT2D eigenvalue weighted by molar-refractivity contribution is 5.65. The number of imidazole rings is 1. The van der Waals surface area contributed by atoms with Gasteiger partial charge in [-0.05, 0) is 12.8 Å². The fraction of sp³-hybridized carbons (Fsp3) is 0.538. The maximum atomic E-state index is 10.2. The molecule has 2 aromatic heterocycles. The minimum absolute atomic E-state index is 0.0125. The molecule has 2 unspecified atom stereocenters. The molecule has 0 aliphatic heterocycles. The first-order valence-electron chi connectivity index (χ1n) is 7.03. The fourth-order valence-electron chi connectivity index (χ4n) is 2.73. The van der Waals surface area contributed by atoms with E-state index in [1.165, 1.54) is 6.42 Å². The molecule has 1 saturated carbocycles. The first-order chi connectivity index (χ1) is 9.78. The number of aliphatic hydroxyl groups excluding tert-OH is 1. The summed E-state index contributed by atoms with van der Waals surface area (Å²) in [6.45, 7) is 0. The quantitative estimate of drug-likeness (QED) is 0.381. The zero-order chi connectivity index (χ0) is 13.9. The molecule has 0 aromatic carbocycles. The molecule has 2 aromatic rings. The van der Waals surface area contributed by atoms with E-state index in [0.717, 1.165) is 31.3 Å². The van der Waals surface area contributed by atoms with Gasteiger partial charge < -0.3 is 20.2 Å². The fourth-order valence-corrected chi connectivity index (χ4v) is 2.73. The van der Waals surface area contributed by atoms with Gasteiger partial charge in [0.2, 0.25) is 0 Å². The number of nitrogen functional groups attached to an aromatic ring is 1. The lowest BCUT2D eigenvalue weighted by atomic mass is 10.1. The van der Waals surface area contributed by atoms with Crippen LogP contribution in [0.2, 0.25) is 0 Å². The van der Waals surface area contributed by atoms with Gasteiger partial charge in [-0.3, -0.25) is 0 Å².